The van der Waals surface area contributed by atoms with Crippen LogP contribution in [0.3, 0.4) is 0 Å². The predicted molar refractivity (Wildman–Crippen MR) is 67.4 cm³/mol. The van der Waals surface area contributed by atoms with Crippen LogP contribution in [0.25, 0.3) is 0 Å². The smallest absolute Gasteiger partial charge is 0.315 e. The van der Waals surface area contributed by atoms with E-state index in [1.807, 2.05) is 13.8 Å². The molecular formula is C13H22N2O2. The van der Waals surface area contributed by atoms with Gasteiger partial charge in [0, 0.05) is 12.5 Å². The van der Waals surface area contributed by atoms with Crippen molar-refractivity contribution in [3.05, 3.63) is 0 Å². The number of nitrogens with one attached hydrogen (secondary N) is 2. The van der Waals surface area contributed by atoms with E-state index in [1.54, 1.807) is 0 Å². The van der Waals surface area contributed by atoms with Gasteiger partial charge in [-0.25, -0.2) is 4.79 Å². The van der Waals surface area contributed by atoms with Crippen LogP contribution < -0.4 is 10.6 Å². The third-order valence-corrected chi connectivity index (χ3v) is 3.40. The summed E-state index contributed by atoms with van der Waals surface area (Å²) in [4.78, 5) is 11.8. The first kappa shape index (κ1) is 13.9. The molecular weight excluding hydrogens is 216 g/mol. The van der Waals surface area contributed by atoms with Crippen molar-refractivity contribution in [2.45, 2.75) is 51.1 Å². The SMILES string of the molecule is C#CC[C@@H](CC)NC(=O)N[C@](C)(CO)C1CC1. The monoisotopic (exact) mass is 238 g/mol. The Kier molecular flexibility index (Phi) is 4.83. The zero-order chi connectivity index (χ0) is 12.9. The van der Waals surface area contributed by atoms with Crippen molar-refractivity contribution in [3.63, 3.8) is 0 Å². The van der Waals surface area contributed by atoms with Crippen LogP contribution in [0.1, 0.15) is 39.5 Å². The van der Waals surface area contributed by atoms with Crippen molar-refractivity contribution in [2.24, 2.45) is 5.92 Å². The van der Waals surface area contributed by atoms with E-state index in [9.17, 15) is 9.90 Å². The first-order chi connectivity index (χ1) is 8.05. The summed E-state index contributed by atoms with van der Waals surface area (Å²) in [6.07, 6.45) is 8.70. The minimum absolute atomic E-state index is 0.00199. The minimum Gasteiger partial charge on any atom is -0.394 e. The Morgan fingerprint density at radius 3 is 2.71 bits per heavy atom. The number of hydrogen-bond donors (Lipinski definition) is 3. The van der Waals surface area contributed by atoms with Crippen molar-refractivity contribution >= 4 is 6.03 Å². The van der Waals surface area contributed by atoms with Crippen LogP contribution in [0.5, 0.6) is 0 Å². The molecule has 0 heterocycles. The largest absolute Gasteiger partial charge is 0.394 e. The van der Waals surface area contributed by atoms with Crippen molar-refractivity contribution in [3.8, 4) is 12.3 Å². The van der Waals surface area contributed by atoms with Crippen molar-refractivity contribution in [2.75, 3.05) is 6.61 Å². The summed E-state index contributed by atoms with van der Waals surface area (Å²) in [6.45, 7) is 3.83. The summed E-state index contributed by atoms with van der Waals surface area (Å²) < 4.78 is 0. The number of urea groups is 1. The summed E-state index contributed by atoms with van der Waals surface area (Å²) in [7, 11) is 0. The highest BCUT2D eigenvalue weighted by molar-refractivity contribution is 5.75. The zero-order valence-corrected chi connectivity index (χ0v) is 10.6. The average molecular weight is 238 g/mol. The van der Waals surface area contributed by atoms with Gasteiger partial charge in [-0.1, -0.05) is 6.92 Å². The molecule has 0 spiro atoms. The van der Waals surface area contributed by atoms with Gasteiger partial charge in [0.2, 0.25) is 0 Å². The molecule has 2 amide bonds. The molecule has 2 atom stereocenters. The van der Waals surface area contributed by atoms with Gasteiger partial charge in [-0.15, -0.1) is 12.3 Å². The topological polar surface area (TPSA) is 61.4 Å². The van der Waals surface area contributed by atoms with Gasteiger partial charge in [0.15, 0.2) is 0 Å². The van der Waals surface area contributed by atoms with Gasteiger partial charge in [-0.3, -0.25) is 0 Å². The summed E-state index contributed by atoms with van der Waals surface area (Å²) in [5.74, 6) is 2.94. The van der Waals surface area contributed by atoms with E-state index >= 15 is 0 Å². The van der Waals surface area contributed by atoms with Crippen LogP contribution in [0.4, 0.5) is 4.79 Å². The van der Waals surface area contributed by atoms with E-state index in [0.717, 1.165) is 19.3 Å². The first-order valence-corrected chi connectivity index (χ1v) is 6.18. The van der Waals surface area contributed by atoms with Gasteiger partial charge >= 0.3 is 6.03 Å². The van der Waals surface area contributed by atoms with Crippen molar-refractivity contribution < 1.29 is 9.90 Å². The number of carbonyl (C=O) groups excluding carboxylic acids is 1. The maximum Gasteiger partial charge on any atom is 0.315 e. The normalized spacial score (nSPS) is 19.9. The molecule has 0 aromatic rings. The van der Waals surface area contributed by atoms with E-state index in [-0.39, 0.29) is 18.7 Å². The summed E-state index contributed by atoms with van der Waals surface area (Å²) in [6, 6.07) is -0.238. The molecule has 0 saturated heterocycles. The fourth-order valence-electron chi connectivity index (χ4n) is 1.91. The molecule has 17 heavy (non-hydrogen) atoms. The molecule has 3 N–H and O–H groups in total. The van der Waals surface area contributed by atoms with Gasteiger partial charge in [-0.05, 0) is 32.1 Å². The Balaban J connectivity index is 2.45. The number of aliphatic hydroxyl groups is 1. The molecule has 0 bridgehead atoms. The Morgan fingerprint density at radius 2 is 2.29 bits per heavy atom. The first-order valence-electron chi connectivity index (χ1n) is 6.18. The molecule has 1 aliphatic carbocycles. The lowest BCUT2D eigenvalue weighted by molar-refractivity contribution is 0.154. The van der Waals surface area contributed by atoms with Gasteiger partial charge in [-0.2, -0.15) is 0 Å². The highest BCUT2D eigenvalue weighted by Crippen LogP contribution is 2.39. The lowest BCUT2D eigenvalue weighted by Crippen LogP contribution is -2.55. The van der Waals surface area contributed by atoms with Crippen molar-refractivity contribution in [1.29, 1.82) is 0 Å². The third-order valence-electron chi connectivity index (χ3n) is 3.40. The van der Waals surface area contributed by atoms with E-state index in [4.69, 9.17) is 6.42 Å². The Hall–Kier alpha value is -1.21. The van der Waals surface area contributed by atoms with Gasteiger partial charge in [0.25, 0.3) is 0 Å². The highest BCUT2D eigenvalue weighted by Gasteiger charge is 2.42. The number of rotatable bonds is 6. The summed E-state index contributed by atoms with van der Waals surface area (Å²) in [5.41, 5.74) is -0.501. The molecule has 4 nitrogen and oxygen atoms in total. The van der Waals surface area contributed by atoms with Crippen LogP contribution in [0.2, 0.25) is 0 Å². The molecule has 0 aliphatic heterocycles. The number of terminal acetylenes is 1. The van der Waals surface area contributed by atoms with Gasteiger partial charge < -0.3 is 15.7 Å². The van der Waals surface area contributed by atoms with Crippen molar-refractivity contribution in [1.82, 2.24) is 10.6 Å². The van der Waals surface area contributed by atoms with Crippen LogP contribution >= 0.6 is 0 Å². The van der Waals surface area contributed by atoms with Crippen LogP contribution in [0.15, 0.2) is 0 Å². The quantitative estimate of drug-likeness (QED) is 0.610. The van der Waals surface area contributed by atoms with E-state index in [1.165, 1.54) is 0 Å². The molecule has 0 aromatic heterocycles. The molecule has 4 heteroatoms. The number of amides is 2. The fraction of sp³-hybridized carbons (Fsp3) is 0.769. The van der Waals surface area contributed by atoms with Crippen LogP contribution in [-0.4, -0.2) is 29.3 Å². The molecule has 1 aliphatic rings. The summed E-state index contributed by atoms with van der Waals surface area (Å²) >= 11 is 0. The van der Waals surface area contributed by atoms with E-state index < -0.39 is 5.54 Å². The Morgan fingerprint density at radius 1 is 1.65 bits per heavy atom. The van der Waals surface area contributed by atoms with E-state index in [0.29, 0.717) is 12.3 Å². The number of aliphatic hydroxyl groups excluding tert-OH is 1. The predicted octanol–water partition coefficient (Wildman–Crippen LogP) is 1.25. The van der Waals surface area contributed by atoms with E-state index in [2.05, 4.69) is 16.6 Å². The van der Waals surface area contributed by atoms with Crippen LogP contribution in [0, 0.1) is 18.3 Å². The molecule has 1 rings (SSSR count). The Labute approximate surface area is 103 Å². The average Bonchev–Trinajstić information content (AvgIpc) is 3.12. The fourth-order valence-corrected chi connectivity index (χ4v) is 1.91. The second-order valence-electron chi connectivity index (χ2n) is 4.96. The maximum absolute atomic E-state index is 11.8. The lowest BCUT2D eigenvalue weighted by Gasteiger charge is -2.29. The molecule has 1 saturated carbocycles. The lowest BCUT2D eigenvalue weighted by atomic mass is 9.97. The third kappa shape index (κ3) is 3.94. The van der Waals surface area contributed by atoms with Gasteiger partial charge in [0.05, 0.1) is 12.1 Å². The highest BCUT2D eigenvalue weighted by atomic mass is 16.3. The standard InChI is InChI=1S/C13H22N2O2/c1-4-6-11(5-2)14-12(17)15-13(3,9-16)10-7-8-10/h1,10-11,16H,5-9H2,2-3H3,(H2,14,15,17)/t11-,13-/m1/s1. The minimum atomic E-state index is -0.501. The molecule has 1 fully saturated rings. The molecule has 96 valence electrons. The number of hydrogen-bond acceptors (Lipinski definition) is 2. The second kappa shape index (κ2) is 5.92. The van der Waals surface area contributed by atoms with Crippen LogP contribution in [-0.2, 0) is 0 Å². The van der Waals surface area contributed by atoms with Gasteiger partial charge in [0.1, 0.15) is 0 Å². The Bertz CT molecular complexity index is 307. The molecule has 0 radical (unpaired) electrons. The zero-order valence-electron chi connectivity index (χ0n) is 10.6. The number of carbonyl (C=O) groups is 1. The molecule has 0 aromatic carbocycles. The maximum atomic E-state index is 11.8. The second-order valence-corrected chi connectivity index (χ2v) is 4.96. The summed E-state index contributed by atoms with van der Waals surface area (Å²) in [5, 5.41) is 15.1. The molecule has 0 unspecified atom stereocenters.